The van der Waals surface area contributed by atoms with Gasteiger partial charge in [-0.1, -0.05) is 6.58 Å². The number of carbonyl (C=O) groups excluding carboxylic acids is 1. The lowest BCUT2D eigenvalue weighted by molar-refractivity contribution is -0.137. The van der Waals surface area contributed by atoms with Crippen molar-refractivity contribution in [1.29, 1.82) is 0 Å². The average molecular weight is 405 g/mol. The van der Waals surface area contributed by atoms with Crippen molar-refractivity contribution in [2.75, 3.05) is 11.1 Å². The molecule has 6 nitrogen and oxygen atoms in total. The van der Waals surface area contributed by atoms with Crippen molar-refractivity contribution in [2.24, 2.45) is 5.73 Å². The molecule has 3 rings (SSSR count). The van der Waals surface area contributed by atoms with Crippen LogP contribution >= 0.6 is 0 Å². The van der Waals surface area contributed by atoms with Crippen molar-refractivity contribution in [1.82, 2.24) is 9.55 Å². The summed E-state index contributed by atoms with van der Waals surface area (Å²) >= 11 is 0. The Kier molecular flexibility index (Phi) is 5.02. The highest BCUT2D eigenvalue weighted by Crippen LogP contribution is 2.32. The Hall–Kier alpha value is -3.82. The van der Waals surface area contributed by atoms with Crippen molar-refractivity contribution < 1.29 is 22.4 Å². The highest BCUT2D eigenvalue weighted by molar-refractivity contribution is 6.04. The van der Waals surface area contributed by atoms with Crippen LogP contribution in [0.2, 0.25) is 0 Å². The minimum Gasteiger partial charge on any atom is -0.397 e. The molecule has 0 spiro atoms. The van der Waals surface area contributed by atoms with E-state index in [1.165, 1.54) is 23.0 Å². The maximum absolute atomic E-state index is 13.8. The van der Waals surface area contributed by atoms with Crippen molar-refractivity contribution in [3.05, 3.63) is 78.0 Å². The number of anilines is 2. The molecule has 150 valence electrons. The number of aromatic nitrogens is 2. The summed E-state index contributed by atoms with van der Waals surface area (Å²) in [6.07, 6.45) is -3.23. The molecule has 0 saturated heterocycles. The van der Waals surface area contributed by atoms with Gasteiger partial charge >= 0.3 is 6.18 Å². The first kappa shape index (κ1) is 19.9. The van der Waals surface area contributed by atoms with Crippen LogP contribution in [0.3, 0.4) is 0 Å². The SMILES string of the molecule is C=C(N)c1ncn(-c2ccc(C(=O)Nc3cc(C(F)(F)F)ccc3F)cc2)c1N. The first-order valence-electron chi connectivity index (χ1n) is 8.14. The van der Waals surface area contributed by atoms with Gasteiger partial charge in [0.1, 0.15) is 23.7 Å². The third-order valence-corrected chi connectivity index (χ3v) is 4.06. The number of nitrogen functional groups attached to an aromatic ring is 1. The highest BCUT2D eigenvalue weighted by atomic mass is 19.4. The van der Waals surface area contributed by atoms with E-state index in [-0.39, 0.29) is 17.1 Å². The summed E-state index contributed by atoms with van der Waals surface area (Å²) < 4.78 is 53.7. The molecule has 10 heteroatoms. The van der Waals surface area contributed by atoms with E-state index in [1.54, 1.807) is 12.1 Å². The molecular weight excluding hydrogens is 390 g/mol. The topological polar surface area (TPSA) is 99.0 Å². The zero-order valence-corrected chi connectivity index (χ0v) is 14.8. The van der Waals surface area contributed by atoms with Crippen LogP contribution in [0.1, 0.15) is 21.6 Å². The Labute approximate surface area is 162 Å². The number of alkyl halides is 3. The first-order valence-corrected chi connectivity index (χ1v) is 8.14. The number of halogens is 4. The zero-order valence-electron chi connectivity index (χ0n) is 14.8. The largest absolute Gasteiger partial charge is 0.416 e. The Morgan fingerprint density at radius 1 is 1.14 bits per heavy atom. The fourth-order valence-corrected chi connectivity index (χ4v) is 2.58. The number of carbonyl (C=O) groups is 1. The second-order valence-corrected chi connectivity index (χ2v) is 6.07. The highest BCUT2D eigenvalue weighted by Gasteiger charge is 2.31. The molecule has 0 aliphatic rings. The number of hydrogen-bond acceptors (Lipinski definition) is 4. The predicted octanol–water partition coefficient (Wildman–Crippen LogP) is 3.79. The quantitative estimate of drug-likeness (QED) is 0.575. The summed E-state index contributed by atoms with van der Waals surface area (Å²) in [7, 11) is 0. The van der Waals surface area contributed by atoms with E-state index >= 15 is 0 Å². The number of nitrogens with zero attached hydrogens (tertiary/aromatic N) is 2. The minimum atomic E-state index is -4.66. The van der Waals surface area contributed by atoms with Crippen molar-refractivity contribution >= 4 is 23.1 Å². The van der Waals surface area contributed by atoms with Gasteiger partial charge in [0.25, 0.3) is 5.91 Å². The van der Waals surface area contributed by atoms with E-state index in [0.717, 1.165) is 0 Å². The lowest BCUT2D eigenvalue weighted by Gasteiger charge is -2.11. The molecule has 0 fully saturated rings. The summed E-state index contributed by atoms with van der Waals surface area (Å²) in [5.74, 6) is -1.51. The number of benzene rings is 2. The van der Waals surface area contributed by atoms with Gasteiger partial charge in [0.15, 0.2) is 0 Å². The summed E-state index contributed by atoms with van der Waals surface area (Å²) in [5.41, 5.74) is 11.1. The standard InChI is InChI=1S/C19H15F4N5O/c1-10(24)16-17(25)28(9-26-16)13-5-2-11(3-6-13)18(29)27-15-8-12(19(21,22)23)4-7-14(15)20/h2-9H,1,24-25H2,(H,27,29). The van der Waals surface area contributed by atoms with E-state index < -0.39 is 29.2 Å². The Balaban J connectivity index is 1.82. The van der Waals surface area contributed by atoms with Gasteiger partial charge in [-0.2, -0.15) is 13.2 Å². The van der Waals surface area contributed by atoms with Gasteiger partial charge in [0.2, 0.25) is 0 Å². The van der Waals surface area contributed by atoms with Crippen LogP contribution < -0.4 is 16.8 Å². The van der Waals surface area contributed by atoms with E-state index in [0.29, 0.717) is 29.6 Å². The second-order valence-electron chi connectivity index (χ2n) is 6.07. The predicted molar refractivity (Wildman–Crippen MR) is 101 cm³/mol. The summed E-state index contributed by atoms with van der Waals surface area (Å²) in [5, 5.41) is 2.14. The molecule has 0 unspecified atom stereocenters. The van der Waals surface area contributed by atoms with Gasteiger partial charge in [-0.25, -0.2) is 9.37 Å². The van der Waals surface area contributed by atoms with Crippen LogP contribution in [0.15, 0.2) is 55.4 Å². The zero-order chi connectivity index (χ0) is 21.3. The fraction of sp³-hybridized carbons (Fsp3) is 0.0526. The number of imidazole rings is 1. The smallest absolute Gasteiger partial charge is 0.397 e. The van der Waals surface area contributed by atoms with Gasteiger partial charge < -0.3 is 16.8 Å². The number of hydrogen-bond donors (Lipinski definition) is 3. The van der Waals surface area contributed by atoms with Crippen LogP contribution in [-0.2, 0) is 6.18 Å². The number of rotatable bonds is 4. The third kappa shape index (κ3) is 4.05. The van der Waals surface area contributed by atoms with Crippen LogP contribution in [-0.4, -0.2) is 15.5 Å². The van der Waals surface area contributed by atoms with Crippen molar-refractivity contribution in [3.8, 4) is 5.69 Å². The average Bonchev–Trinajstić information content (AvgIpc) is 3.04. The monoisotopic (exact) mass is 405 g/mol. The molecule has 29 heavy (non-hydrogen) atoms. The van der Waals surface area contributed by atoms with Crippen LogP contribution in [0.4, 0.5) is 29.1 Å². The van der Waals surface area contributed by atoms with Crippen LogP contribution in [0, 0.1) is 5.82 Å². The van der Waals surface area contributed by atoms with E-state index in [4.69, 9.17) is 11.5 Å². The molecule has 1 aromatic heterocycles. The summed E-state index contributed by atoms with van der Waals surface area (Å²) in [4.78, 5) is 16.3. The lowest BCUT2D eigenvalue weighted by Crippen LogP contribution is -2.14. The molecule has 0 aliphatic heterocycles. The third-order valence-electron chi connectivity index (χ3n) is 4.06. The Bertz CT molecular complexity index is 1090. The fourth-order valence-electron chi connectivity index (χ4n) is 2.58. The maximum atomic E-state index is 13.8. The molecule has 0 saturated carbocycles. The Morgan fingerprint density at radius 2 is 1.79 bits per heavy atom. The normalized spacial score (nSPS) is 11.3. The molecule has 1 amide bonds. The lowest BCUT2D eigenvalue weighted by atomic mass is 10.1. The second kappa shape index (κ2) is 7.30. The van der Waals surface area contributed by atoms with E-state index in [1.807, 2.05) is 0 Å². The van der Waals surface area contributed by atoms with Gasteiger partial charge in [0.05, 0.1) is 16.9 Å². The Morgan fingerprint density at radius 3 is 2.34 bits per heavy atom. The number of amides is 1. The molecule has 0 aliphatic carbocycles. The summed E-state index contributed by atoms with van der Waals surface area (Å²) in [6, 6.07) is 7.68. The van der Waals surface area contributed by atoms with Crippen LogP contribution in [0.25, 0.3) is 11.4 Å². The molecule has 3 aromatic rings. The molecule has 0 atom stereocenters. The number of nitrogens with one attached hydrogen (secondary N) is 1. The van der Waals surface area contributed by atoms with Gasteiger partial charge in [0, 0.05) is 11.3 Å². The molecule has 0 radical (unpaired) electrons. The molecule has 5 N–H and O–H groups in total. The van der Waals surface area contributed by atoms with Crippen LogP contribution in [0.5, 0.6) is 0 Å². The van der Waals surface area contributed by atoms with Gasteiger partial charge in [-0.05, 0) is 42.5 Å². The molecule has 0 bridgehead atoms. The van der Waals surface area contributed by atoms with E-state index in [9.17, 15) is 22.4 Å². The molecular formula is C19H15F4N5O. The minimum absolute atomic E-state index is 0.104. The number of nitrogens with two attached hydrogens (primary N) is 2. The summed E-state index contributed by atoms with van der Waals surface area (Å²) in [6.45, 7) is 3.57. The van der Waals surface area contributed by atoms with Crippen molar-refractivity contribution in [2.45, 2.75) is 6.18 Å². The van der Waals surface area contributed by atoms with E-state index in [2.05, 4.69) is 16.9 Å². The maximum Gasteiger partial charge on any atom is 0.416 e. The first-order chi connectivity index (χ1) is 13.6. The van der Waals surface area contributed by atoms with Crippen molar-refractivity contribution in [3.63, 3.8) is 0 Å². The molecule has 2 aromatic carbocycles. The molecule has 1 heterocycles. The van der Waals surface area contributed by atoms with Gasteiger partial charge in [-0.15, -0.1) is 0 Å². The van der Waals surface area contributed by atoms with Gasteiger partial charge in [-0.3, -0.25) is 9.36 Å².